The lowest BCUT2D eigenvalue weighted by atomic mass is 10.2. The van der Waals surface area contributed by atoms with Gasteiger partial charge >= 0.3 is 0 Å². The molecule has 0 radical (unpaired) electrons. The maximum absolute atomic E-state index is 6.11. The number of aryl methyl sites for hydroxylation is 1. The molecule has 2 aromatic rings. The fourth-order valence-electron chi connectivity index (χ4n) is 2.08. The largest absolute Gasteiger partial charge is 0.414 e. The highest BCUT2D eigenvalue weighted by Gasteiger charge is 2.36. The van der Waals surface area contributed by atoms with Crippen LogP contribution in [0.3, 0.4) is 0 Å². The molecule has 1 heterocycles. The van der Waals surface area contributed by atoms with E-state index in [2.05, 4.69) is 44.9 Å². The lowest BCUT2D eigenvalue weighted by molar-refractivity contribution is 0.0975. The SMILES string of the molecule is Cc1cc2nc(CCOCCO[Si](C)(C)C(C)(C)C)sc2cc1N. The van der Waals surface area contributed by atoms with Gasteiger partial charge in [0.15, 0.2) is 8.32 Å². The third-order valence-electron chi connectivity index (χ3n) is 4.78. The minimum atomic E-state index is -1.66. The van der Waals surface area contributed by atoms with Crippen molar-refractivity contribution in [1.82, 2.24) is 4.98 Å². The van der Waals surface area contributed by atoms with Crippen LogP contribution in [0.4, 0.5) is 5.69 Å². The van der Waals surface area contributed by atoms with Crippen molar-refractivity contribution in [3.05, 3.63) is 22.7 Å². The van der Waals surface area contributed by atoms with Gasteiger partial charge in [0, 0.05) is 12.1 Å². The number of thiazole rings is 1. The average Bonchev–Trinajstić information content (AvgIpc) is 2.83. The molecule has 0 saturated heterocycles. The van der Waals surface area contributed by atoms with E-state index in [9.17, 15) is 0 Å². The van der Waals surface area contributed by atoms with Crippen LogP contribution in [0.25, 0.3) is 10.2 Å². The first-order chi connectivity index (χ1) is 11.1. The molecule has 134 valence electrons. The number of nitrogens with two attached hydrogens (primary N) is 1. The third-order valence-corrected chi connectivity index (χ3v) is 10.4. The minimum absolute atomic E-state index is 0.244. The zero-order valence-corrected chi connectivity index (χ0v) is 17.5. The quantitative estimate of drug-likeness (QED) is 0.436. The molecule has 4 nitrogen and oxygen atoms in total. The van der Waals surface area contributed by atoms with E-state index in [0.29, 0.717) is 19.8 Å². The van der Waals surface area contributed by atoms with Gasteiger partial charge in [0.1, 0.15) is 0 Å². The van der Waals surface area contributed by atoms with Crippen LogP contribution < -0.4 is 5.73 Å². The van der Waals surface area contributed by atoms with Gasteiger partial charge < -0.3 is 14.9 Å². The van der Waals surface area contributed by atoms with Gasteiger partial charge in [-0.15, -0.1) is 11.3 Å². The Morgan fingerprint density at radius 3 is 2.54 bits per heavy atom. The topological polar surface area (TPSA) is 57.4 Å². The van der Waals surface area contributed by atoms with Gasteiger partial charge in [-0.3, -0.25) is 0 Å². The molecule has 24 heavy (non-hydrogen) atoms. The van der Waals surface area contributed by atoms with Gasteiger partial charge in [0.2, 0.25) is 0 Å². The van der Waals surface area contributed by atoms with Gasteiger partial charge in [-0.1, -0.05) is 20.8 Å². The van der Waals surface area contributed by atoms with E-state index in [1.807, 2.05) is 13.0 Å². The second-order valence-corrected chi connectivity index (χ2v) is 13.7. The first-order valence-corrected chi connectivity index (χ1v) is 12.2. The molecule has 0 saturated carbocycles. The zero-order valence-electron chi connectivity index (χ0n) is 15.7. The van der Waals surface area contributed by atoms with Crippen molar-refractivity contribution in [2.45, 2.75) is 52.2 Å². The summed E-state index contributed by atoms with van der Waals surface area (Å²) in [6.45, 7) is 15.3. The molecule has 0 aliphatic carbocycles. The molecule has 2 rings (SSSR count). The van der Waals surface area contributed by atoms with E-state index in [1.54, 1.807) is 11.3 Å². The second-order valence-electron chi connectivity index (χ2n) is 7.76. The van der Waals surface area contributed by atoms with Crippen molar-refractivity contribution in [2.24, 2.45) is 0 Å². The molecule has 2 N–H and O–H groups in total. The van der Waals surface area contributed by atoms with Gasteiger partial charge in [-0.05, 0) is 42.8 Å². The molecule has 0 fully saturated rings. The Bertz CT molecular complexity index is 653. The van der Waals surface area contributed by atoms with Crippen molar-refractivity contribution in [3.8, 4) is 0 Å². The van der Waals surface area contributed by atoms with Crippen molar-refractivity contribution < 1.29 is 9.16 Å². The molecule has 0 atom stereocenters. The van der Waals surface area contributed by atoms with Crippen molar-refractivity contribution in [1.29, 1.82) is 0 Å². The van der Waals surface area contributed by atoms with E-state index in [0.717, 1.165) is 32.9 Å². The molecule has 0 aliphatic rings. The molecular weight excluding hydrogens is 336 g/mol. The van der Waals surface area contributed by atoms with Gasteiger partial charge in [0.25, 0.3) is 0 Å². The average molecular weight is 367 g/mol. The Hall–Kier alpha value is -0.953. The molecule has 0 spiro atoms. The number of fused-ring (bicyclic) bond motifs is 1. The molecule has 0 unspecified atom stereocenters. The van der Waals surface area contributed by atoms with Gasteiger partial charge in [-0.25, -0.2) is 4.98 Å². The Morgan fingerprint density at radius 2 is 1.88 bits per heavy atom. The smallest absolute Gasteiger partial charge is 0.192 e. The number of hydrogen-bond donors (Lipinski definition) is 1. The van der Waals surface area contributed by atoms with E-state index in [4.69, 9.17) is 14.9 Å². The summed E-state index contributed by atoms with van der Waals surface area (Å²) in [5.41, 5.74) is 8.90. The number of anilines is 1. The molecule has 0 bridgehead atoms. The number of ether oxygens (including phenoxy) is 1. The summed E-state index contributed by atoms with van der Waals surface area (Å²) in [6, 6.07) is 4.07. The first kappa shape index (κ1) is 19.4. The van der Waals surface area contributed by atoms with Crippen LogP contribution in [0.2, 0.25) is 18.1 Å². The number of benzene rings is 1. The van der Waals surface area contributed by atoms with Crippen LogP contribution in [0.15, 0.2) is 12.1 Å². The summed E-state index contributed by atoms with van der Waals surface area (Å²) in [5, 5.41) is 1.34. The summed E-state index contributed by atoms with van der Waals surface area (Å²) in [6.07, 6.45) is 0.832. The Balaban J connectivity index is 1.75. The van der Waals surface area contributed by atoms with E-state index in [-0.39, 0.29) is 5.04 Å². The van der Waals surface area contributed by atoms with Crippen LogP contribution in [-0.4, -0.2) is 33.1 Å². The van der Waals surface area contributed by atoms with Crippen LogP contribution in [-0.2, 0) is 15.6 Å². The lowest BCUT2D eigenvalue weighted by Crippen LogP contribution is -2.41. The van der Waals surface area contributed by atoms with Crippen LogP contribution in [0, 0.1) is 6.92 Å². The van der Waals surface area contributed by atoms with E-state index >= 15 is 0 Å². The fraction of sp³-hybridized carbons (Fsp3) is 0.611. The number of nitrogens with zero attached hydrogens (tertiary/aromatic N) is 1. The fourth-order valence-corrected chi connectivity index (χ4v) is 4.09. The zero-order chi connectivity index (χ0) is 18.0. The summed E-state index contributed by atoms with van der Waals surface area (Å²) in [4.78, 5) is 4.66. The Kier molecular flexibility index (Phi) is 6.07. The number of aromatic nitrogens is 1. The predicted molar refractivity (Wildman–Crippen MR) is 106 cm³/mol. The summed E-state index contributed by atoms with van der Waals surface area (Å²) < 4.78 is 13.0. The highest BCUT2D eigenvalue weighted by molar-refractivity contribution is 7.18. The van der Waals surface area contributed by atoms with Crippen LogP contribution >= 0.6 is 11.3 Å². The Morgan fingerprint density at radius 1 is 1.17 bits per heavy atom. The maximum atomic E-state index is 6.11. The molecule has 1 aromatic heterocycles. The monoisotopic (exact) mass is 366 g/mol. The standard InChI is InChI=1S/C18H30N2O2SSi/c1-13-11-15-16(12-14(13)19)23-17(20-15)7-8-21-9-10-22-24(5,6)18(2,3)4/h11-12H,7-10,19H2,1-6H3. The molecule has 6 heteroatoms. The Labute approximate surface area is 150 Å². The van der Waals surface area contributed by atoms with Crippen molar-refractivity contribution in [2.75, 3.05) is 25.6 Å². The highest BCUT2D eigenvalue weighted by Crippen LogP contribution is 2.36. The van der Waals surface area contributed by atoms with Crippen molar-refractivity contribution >= 4 is 35.6 Å². The third kappa shape index (κ3) is 4.78. The first-order valence-electron chi connectivity index (χ1n) is 8.47. The molecule has 0 amide bonds. The lowest BCUT2D eigenvalue weighted by Gasteiger charge is -2.36. The predicted octanol–water partition coefficient (Wildman–Crippen LogP) is 4.77. The van der Waals surface area contributed by atoms with Crippen LogP contribution in [0.5, 0.6) is 0 Å². The molecule has 1 aromatic carbocycles. The van der Waals surface area contributed by atoms with Crippen LogP contribution in [0.1, 0.15) is 31.3 Å². The number of nitrogen functional groups attached to an aromatic ring is 1. The van der Waals surface area contributed by atoms with Gasteiger partial charge in [0.05, 0.1) is 35.0 Å². The summed E-state index contributed by atoms with van der Waals surface area (Å²) in [5.74, 6) is 0. The van der Waals surface area contributed by atoms with Gasteiger partial charge in [-0.2, -0.15) is 0 Å². The summed E-state index contributed by atoms with van der Waals surface area (Å²) >= 11 is 1.70. The highest BCUT2D eigenvalue weighted by atomic mass is 32.1. The van der Waals surface area contributed by atoms with E-state index in [1.165, 1.54) is 0 Å². The molecule has 0 aliphatic heterocycles. The normalized spacial score (nSPS) is 12.9. The molecular formula is C18H30N2O2SSi. The second kappa shape index (κ2) is 7.52. The number of hydrogen-bond acceptors (Lipinski definition) is 5. The minimum Gasteiger partial charge on any atom is -0.414 e. The summed E-state index contributed by atoms with van der Waals surface area (Å²) in [7, 11) is -1.66. The number of rotatable bonds is 7. The maximum Gasteiger partial charge on any atom is 0.192 e. The van der Waals surface area contributed by atoms with E-state index < -0.39 is 8.32 Å². The van der Waals surface area contributed by atoms with Crippen molar-refractivity contribution in [3.63, 3.8) is 0 Å².